The topological polar surface area (TPSA) is 0 Å². The molecule has 0 aliphatic rings. The average molecular weight is 500 g/mol. The molecule has 0 saturated carbocycles. The molecule has 0 aromatic rings. The minimum absolute atomic E-state index is 0.103. The van der Waals surface area contributed by atoms with Gasteiger partial charge in [0.25, 0.3) is 0 Å². The molecule has 0 fully saturated rings. The molecule has 0 aromatic carbocycles. The Morgan fingerprint density at radius 3 is 0.696 bits per heavy atom. The molecule has 0 unspecified atom stereocenters. The van der Waals surface area contributed by atoms with Gasteiger partial charge in [-0.05, 0) is 38.5 Å². The Labute approximate surface area is 167 Å². The summed E-state index contributed by atoms with van der Waals surface area (Å²) in [4.78, 5) is 0. The monoisotopic (exact) mass is 498 g/mol. The van der Waals surface area contributed by atoms with Gasteiger partial charge in [-0.2, -0.15) is 0 Å². The van der Waals surface area contributed by atoms with E-state index < -0.39 is 0 Å². The van der Waals surface area contributed by atoms with Crippen molar-refractivity contribution in [3.63, 3.8) is 0 Å². The molecule has 0 aliphatic carbocycles. The van der Waals surface area contributed by atoms with Gasteiger partial charge in [-0.25, -0.2) is 0 Å². The van der Waals surface area contributed by atoms with Crippen molar-refractivity contribution in [3.05, 3.63) is 0 Å². The van der Waals surface area contributed by atoms with Crippen molar-refractivity contribution < 1.29 is 15.9 Å². The van der Waals surface area contributed by atoms with E-state index in [2.05, 4.69) is 41.5 Å². The third-order valence-corrected chi connectivity index (χ3v) is 10.9. The fourth-order valence-corrected chi connectivity index (χ4v) is 8.61. The number of halogens is 2. The second-order valence-corrected chi connectivity index (χ2v) is 14.4. The van der Waals surface area contributed by atoms with Crippen molar-refractivity contribution >= 4 is 34.9 Å². The summed E-state index contributed by atoms with van der Waals surface area (Å²) in [6.07, 6.45) is 17.8. The molecule has 0 radical (unpaired) electrons. The van der Waals surface area contributed by atoms with Crippen LogP contribution in [-0.2, 0) is 15.9 Å². The SMILES string of the molecule is CCC[PH+](CCC)CCC.CCC[PH+](CCC)CCC.[Cl][Pd][Cl]. The molecule has 0 heterocycles. The first-order chi connectivity index (χ1) is 11.1. The molecule has 23 heavy (non-hydrogen) atoms. The summed E-state index contributed by atoms with van der Waals surface area (Å²) in [6, 6.07) is 0. The first-order valence-electron chi connectivity index (χ1n) is 9.60. The molecule has 0 atom stereocenters. The molecule has 5 heteroatoms. The third-order valence-electron chi connectivity index (χ3n) is 3.62. The fraction of sp³-hybridized carbons (Fsp3) is 1.00. The van der Waals surface area contributed by atoms with Crippen LogP contribution in [0, 0.1) is 0 Å². The minimum atomic E-state index is -0.106. The van der Waals surface area contributed by atoms with Gasteiger partial charge in [0.05, 0.1) is 37.0 Å². The molecular weight excluding hydrogens is 455 g/mol. The Bertz CT molecular complexity index is 140. The predicted octanol–water partition coefficient (Wildman–Crippen LogP) is 8.24. The maximum absolute atomic E-state index is 4.81. The van der Waals surface area contributed by atoms with Crippen LogP contribution in [0.4, 0.5) is 0 Å². The van der Waals surface area contributed by atoms with Crippen LogP contribution in [0.1, 0.15) is 80.1 Å². The van der Waals surface area contributed by atoms with E-state index in [4.69, 9.17) is 19.1 Å². The van der Waals surface area contributed by atoms with E-state index in [0.717, 1.165) is 0 Å². The van der Waals surface area contributed by atoms with Crippen molar-refractivity contribution in [2.75, 3.05) is 37.0 Å². The summed E-state index contributed by atoms with van der Waals surface area (Å²) in [6.45, 7) is 13.9. The molecule has 0 saturated heterocycles. The van der Waals surface area contributed by atoms with Gasteiger partial charge in [0.15, 0.2) is 0 Å². The molecule has 0 rings (SSSR count). The van der Waals surface area contributed by atoms with Crippen molar-refractivity contribution in [2.45, 2.75) is 80.1 Å². The zero-order chi connectivity index (χ0) is 18.3. The van der Waals surface area contributed by atoms with Crippen LogP contribution < -0.4 is 0 Å². The van der Waals surface area contributed by atoms with Crippen molar-refractivity contribution in [1.29, 1.82) is 0 Å². The zero-order valence-corrected chi connectivity index (χ0v) is 21.6. The molecule has 0 spiro atoms. The van der Waals surface area contributed by atoms with Crippen LogP contribution in [0.3, 0.4) is 0 Å². The zero-order valence-electron chi connectivity index (χ0n) is 16.6. The van der Waals surface area contributed by atoms with Gasteiger partial charge < -0.3 is 0 Å². The van der Waals surface area contributed by atoms with E-state index in [1.165, 1.54) is 38.5 Å². The van der Waals surface area contributed by atoms with Crippen LogP contribution >= 0.6 is 34.9 Å². The molecule has 0 N–H and O–H groups in total. The summed E-state index contributed by atoms with van der Waals surface area (Å²) in [5, 5.41) is 0. The molecule has 148 valence electrons. The van der Waals surface area contributed by atoms with Crippen molar-refractivity contribution in [2.24, 2.45) is 0 Å². The van der Waals surface area contributed by atoms with Gasteiger partial charge >= 0.3 is 35.0 Å². The van der Waals surface area contributed by atoms with E-state index in [-0.39, 0.29) is 31.8 Å². The van der Waals surface area contributed by atoms with Gasteiger partial charge in [-0.3, -0.25) is 0 Å². The van der Waals surface area contributed by atoms with Crippen LogP contribution in [0.15, 0.2) is 0 Å². The number of hydrogen-bond donors (Lipinski definition) is 0. The quantitative estimate of drug-likeness (QED) is 0.187. The molecule has 0 amide bonds. The Hall–Kier alpha value is 2.10. The van der Waals surface area contributed by atoms with Gasteiger partial charge in [-0.15, -0.1) is 0 Å². The standard InChI is InChI=1S/2C9H21P.2ClH.Pd/c2*1-4-7-10(8-5-2)9-6-3;;;/h2*4-9H2,1-3H3;2*1H;/q;;;;+2. The third kappa shape index (κ3) is 29.1. The first kappa shape index (κ1) is 29.9. The second-order valence-electron chi connectivity index (χ2n) is 6.05. The Kier molecular flexibility index (Phi) is 37.5. The average Bonchev–Trinajstić information content (AvgIpc) is 2.50. The summed E-state index contributed by atoms with van der Waals surface area (Å²) < 4.78 is 0. The predicted molar refractivity (Wildman–Crippen MR) is 119 cm³/mol. The van der Waals surface area contributed by atoms with Gasteiger partial charge in [0.2, 0.25) is 0 Å². The molecule has 0 nitrogen and oxygen atoms in total. The van der Waals surface area contributed by atoms with Crippen LogP contribution in [0.25, 0.3) is 0 Å². The van der Waals surface area contributed by atoms with Crippen LogP contribution in [0.2, 0.25) is 0 Å². The van der Waals surface area contributed by atoms with Crippen molar-refractivity contribution in [1.82, 2.24) is 0 Å². The van der Waals surface area contributed by atoms with Gasteiger partial charge in [0.1, 0.15) is 0 Å². The van der Waals surface area contributed by atoms with Crippen molar-refractivity contribution in [3.8, 4) is 0 Å². The van der Waals surface area contributed by atoms with E-state index in [0.29, 0.717) is 0 Å². The van der Waals surface area contributed by atoms with Crippen LogP contribution in [0.5, 0.6) is 0 Å². The Morgan fingerprint density at radius 2 is 0.609 bits per heavy atom. The van der Waals surface area contributed by atoms with E-state index in [1.807, 2.05) is 0 Å². The fourth-order valence-electron chi connectivity index (χ4n) is 2.87. The number of rotatable bonds is 12. The summed E-state index contributed by atoms with van der Waals surface area (Å²) in [5.41, 5.74) is 0. The first-order valence-corrected chi connectivity index (χ1v) is 17.8. The van der Waals surface area contributed by atoms with E-state index in [9.17, 15) is 0 Å². The van der Waals surface area contributed by atoms with Gasteiger partial charge in [0, 0.05) is 15.8 Å². The molecule has 0 bridgehead atoms. The molecule has 0 aromatic heterocycles. The summed E-state index contributed by atoms with van der Waals surface area (Å²) >= 11 is -0.106. The van der Waals surface area contributed by atoms with Gasteiger partial charge in [-0.1, -0.05) is 41.5 Å². The van der Waals surface area contributed by atoms with E-state index >= 15 is 0 Å². The Balaban J connectivity index is -0.000000297. The van der Waals surface area contributed by atoms with E-state index in [1.54, 1.807) is 37.0 Å². The summed E-state index contributed by atoms with van der Waals surface area (Å²) in [7, 11) is 9.83. The Morgan fingerprint density at radius 1 is 0.478 bits per heavy atom. The normalized spacial score (nSPS) is 10.3. The summed E-state index contributed by atoms with van der Waals surface area (Å²) in [5.74, 6) is 0. The second kappa shape index (κ2) is 28.9. The number of hydrogen-bond acceptors (Lipinski definition) is 0. The molecular formula is C18H44Cl2P2Pd+2. The molecule has 0 aliphatic heterocycles. The van der Waals surface area contributed by atoms with Crippen LogP contribution in [-0.4, -0.2) is 37.0 Å². The maximum atomic E-state index is 4.81.